The molecule has 0 aliphatic heterocycles. The predicted octanol–water partition coefficient (Wildman–Crippen LogP) is 2.41. The molecule has 4 unspecified atom stereocenters. The van der Waals surface area contributed by atoms with Crippen molar-refractivity contribution in [2.24, 2.45) is 11.8 Å². The van der Waals surface area contributed by atoms with Crippen LogP contribution >= 0.6 is 0 Å². The average molecular weight is 238 g/mol. The molecule has 1 aliphatic rings. The number of likely N-dealkylation sites (N-methyl/N-ethyl adjacent to an activating group) is 1. The minimum atomic E-state index is 0.141. The van der Waals surface area contributed by atoms with Crippen molar-refractivity contribution >= 4 is 0 Å². The zero-order valence-electron chi connectivity index (χ0n) is 11.4. The summed E-state index contributed by atoms with van der Waals surface area (Å²) in [6.07, 6.45) is 5.84. The van der Waals surface area contributed by atoms with Gasteiger partial charge in [0.1, 0.15) is 0 Å². The summed E-state index contributed by atoms with van der Waals surface area (Å²) in [5.74, 6) is 0.907. The van der Waals surface area contributed by atoms with Crippen molar-refractivity contribution in [1.29, 1.82) is 5.26 Å². The van der Waals surface area contributed by atoms with Gasteiger partial charge < -0.3 is 5.11 Å². The molecule has 0 aromatic carbocycles. The van der Waals surface area contributed by atoms with Gasteiger partial charge in [-0.3, -0.25) is 4.90 Å². The minimum absolute atomic E-state index is 0.141. The highest BCUT2D eigenvalue weighted by Crippen LogP contribution is 2.34. The second kappa shape index (κ2) is 6.98. The van der Waals surface area contributed by atoms with Crippen molar-refractivity contribution in [3.05, 3.63) is 0 Å². The smallest absolute Gasteiger partial charge is 0.0672 e. The molecule has 3 heteroatoms. The first kappa shape index (κ1) is 14.5. The van der Waals surface area contributed by atoms with E-state index >= 15 is 0 Å². The molecule has 1 fully saturated rings. The zero-order chi connectivity index (χ0) is 12.8. The number of hydrogen-bond acceptors (Lipinski definition) is 3. The van der Waals surface area contributed by atoms with Crippen LogP contribution in [-0.2, 0) is 0 Å². The minimum Gasteiger partial charge on any atom is -0.395 e. The molecular formula is C14H26N2O. The monoisotopic (exact) mass is 238 g/mol. The van der Waals surface area contributed by atoms with E-state index in [0.29, 0.717) is 6.04 Å². The molecule has 1 N–H and O–H groups in total. The number of aliphatic hydroxyl groups is 1. The molecule has 0 radical (unpaired) electrons. The molecule has 0 heterocycles. The molecule has 0 spiro atoms. The van der Waals surface area contributed by atoms with E-state index in [1.165, 1.54) is 19.3 Å². The molecule has 1 rings (SSSR count). The lowest BCUT2D eigenvalue weighted by Gasteiger charge is -2.40. The molecule has 0 saturated heterocycles. The Morgan fingerprint density at radius 2 is 2.18 bits per heavy atom. The lowest BCUT2D eigenvalue weighted by atomic mass is 9.76. The van der Waals surface area contributed by atoms with Gasteiger partial charge in [0.15, 0.2) is 0 Å². The summed E-state index contributed by atoms with van der Waals surface area (Å²) in [4.78, 5) is 2.20. The number of hydrogen-bond donors (Lipinski definition) is 1. The summed E-state index contributed by atoms with van der Waals surface area (Å²) in [6.45, 7) is 4.42. The predicted molar refractivity (Wildman–Crippen MR) is 69.5 cm³/mol. The number of nitriles is 1. The van der Waals surface area contributed by atoms with E-state index in [2.05, 4.69) is 17.9 Å². The van der Waals surface area contributed by atoms with Gasteiger partial charge in [-0.2, -0.15) is 5.26 Å². The van der Waals surface area contributed by atoms with Gasteiger partial charge in [-0.25, -0.2) is 0 Å². The van der Waals surface area contributed by atoms with Crippen molar-refractivity contribution in [2.45, 2.75) is 58.0 Å². The lowest BCUT2D eigenvalue weighted by molar-refractivity contribution is 0.0632. The first-order chi connectivity index (χ1) is 8.13. The summed E-state index contributed by atoms with van der Waals surface area (Å²) in [6, 6.07) is 2.93. The molecule has 3 nitrogen and oxygen atoms in total. The Morgan fingerprint density at radius 3 is 2.71 bits per heavy atom. The van der Waals surface area contributed by atoms with Crippen molar-refractivity contribution in [3.8, 4) is 6.07 Å². The van der Waals surface area contributed by atoms with Crippen molar-refractivity contribution in [3.63, 3.8) is 0 Å². The summed E-state index contributed by atoms with van der Waals surface area (Å²) in [5.41, 5.74) is 0. The first-order valence-corrected chi connectivity index (χ1v) is 6.86. The van der Waals surface area contributed by atoms with Gasteiger partial charge in [0, 0.05) is 12.1 Å². The van der Waals surface area contributed by atoms with Crippen LogP contribution in [0.5, 0.6) is 0 Å². The Hall–Kier alpha value is -0.590. The van der Waals surface area contributed by atoms with Crippen LogP contribution in [-0.4, -0.2) is 35.7 Å². The largest absolute Gasteiger partial charge is 0.395 e. The second-order valence-corrected chi connectivity index (χ2v) is 5.47. The summed E-state index contributed by atoms with van der Waals surface area (Å²) >= 11 is 0. The van der Waals surface area contributed by atoms with E-state index < -0.39 is 0 Å². The lowest BCUT2D eigenvalue weighted by Crippen LogP contribution is -2.47. The first-order valence-electron chi connectivity index (χ1n) is 6.86. The summed E-state index contributed by atoms with van der Waals surface area (Å²) < 4.78 is 0. The van der Waals surface area contributed by atoms with Crippen LogP contribution in [0.15, 0.2) is 0 Å². The van der Waals surface area contributed by atoms with Gasteiger partial charge in [0.25, 0.3) is 0 Å². The molecule has 0 bridgehead atoms. The van der Waals surface area contributed by atoms with Crippen molar-refractivity contribution in [1.82, 2.24) is 4.90 Å². The number of nitrogens with zero attached hydrogens (tertiary/aromatic N) is 2. The van der Waals surface area contributed by atoms with Crippen LogP contribution in [0, 0.1) is 23.2 Å². The Morgan fingerprint density at radius 1 is 1.47 bits per heavy atom. The molecule has 1 saturated carbocycles. The fourth-order valence-corrected chi connectivity index (χ4v) is 2.96. The van der Waals surface area contributed by atoms with Crippen LogP contribution in [0.25, 0.3) is 0 Å². The molecule has 0 aromatic rings. The normalized spacial score (nSPS) is 31.2. The van der Waals surface area contributed by atoms with Gasteiger partial charge in [0.2, 0.25) is 0 Å². The molecule has 17 heavy (non-hydrogen) atoms. The van der Waals surface area contributed by atoms with E-state index in [1.807, 2.05) is 14.0 Å². The van der Waals surface area contributed by atoms with E-state index in [4.69, 9.17) is 0 Å². The van der Waals surface area contributed by atoms with Gasteiger partial charge >= 0.3 is 0 Å². The molecule has 0 aromatic heterocycles. The fourth-order valence-electron chi connectivity index (χ4n) is 2.96. The third-order valence-electron chi connectivity index (χ3n) is 4.27. The molecule has 1 aliphatic carbocycles. The van der Waals surface area contributed by atoms with Gasteiger partial charge in [-0.15, -0.1) is 0 Å². The van der Waals surface area contributed by atoms with Crippen molar-refractivity contribution in [2.75, 3.05) is 13.7 Å². The van der Waals surface area contributed by atoms with E-state index in [1.54, 1.807) is 0 Å². The molecule has 0 amide bonds. The summed E-state index contributed by atoms with van der Waals surface area (Å²) in [5, 5.41) is 18.5. The SMILES string of the molecule is CCCC1CCC(C#N)C(N(C)C(C)CO)C1. The Labute approximate surface area is 105 Å². The highest BCUT2D eigenvalue weighted by molar-refractivity contribution is 4.97. The topological polar surface area (TPSA) is 47.3 Å². The molecule has 98 valence electrons. The van der Waals surface area contributed by atoms with E-state index in [-0.39, 0.29) is 18.6 Å². The third-order valence-corrected chi connectivity index (χ3v) is 4.27. The van der Waals surface area contributed by atoms with Gasteiger partial charge in [-0.1, -0.05) is 19.8 Å². The second-order valence-electron chi connectivity index (χ2n) is 5.47. The quantitative estimate of drug-likeness (QED) is 0.800. The van der Waals surface area contributed by atoms with Crippen molar-refractivity contribution < 1.29 is 5.11 Å². The maximum Gasteiger partial charge on any atom is 0.0672 e. The van der Waals surface area contributed by atoms with Crippen LogP contribution in [0.3, 0.4) is 0 Å². The third kappa shape index (κ3) is 3.69. The average Bonchev–Trinajstić information content (AvgIpc) is 2.37. The number of aliphatic hydroxyl groups excluding tert-OH is 1. The van der Waals surface area contributed by atoms with Gasteiger partial charge in [0.05, 0.1) is 18.6 Å². The maximum atomic E-state index is 9.24. The Balaban J connectivity index is 2.66. The number of rotatable bonds is 5. The van der Waals surface area contributed by atoms with Crippen LogP contribution in [0.2, 0.25) is 0 Å². The Kier molecular flexibility index (Phi) is 5.94. The highest BCUT2D eigenvalue weighted by atomic mass is 16.3. The van der Waals surface area contributed by atoms with E-state index in [0.717, 1.165) is 18.8 Å². The van der Waals surface area contributed by atoms with E-state index in [9.17, 15) is 10.4 Å². The zero-order valence-corrected chi connectivity index (χ0v) is 11.4. The fraction of sp³-hybridized carbons (Fsp3) is 0.929. The maximum absolute atomic E-state index is 9.24. The summed E-state index contributed by atoms with van der Waals surface area (Å²) in [7, 11) is 2.05. The Bertz CT molecular complexity index is 261. The standard InChI is InChI=1S/C14H26N2O/c1-4-5-12-6-7-13(9-15)14(8-12)16(3)11(2)10-17/h11-14,17H,4-8,10H2,1-3H3. The van der Waals surface area contributed by atoms with Crippen LogP contribution in [0.1, 0.15) is 46.0 Å². The molecule has 4 atom stereocenters. The van der Waals surface area contributed by atoms with Crippen LogP contribution in [0.4, 0.5) is 0 Å². The van der Waals surface area contributed by atoms with Crippen LogP contribution < -0.4 is 0 Å². The van der Waals surface area contributed by atoms with Gasteiger partial charge in [-0.05, 0) is 39.2 Å². The highest BCUT2D eigenvalue weighted by Gasteiger charge is 2.34. The molecular weight excluding hydrogens is 212 g/mol.